The number of amides is 1. The van der Waals surface area contributed by atoms with Gasteiger partial charge in [-0.15, -0.1) is 5.10 Å². The molecular weight excluding hydrogens is 358 g/mol. The van der Waals surface area contributed by atoms with E-state index in [0.29, 0.717) is 17.1 Å². The minimum atomic E-state index is -1.06. The van der Waals surface area contributed by atoms with Gasteiger partial charge in [-0.2, -0.15) is 0 Å². The monoisotopic (exact) mass is 372 g/mol. The molecule has 0 radical (unpaired) electrons. The smallest absolute Gasteiger partial charge is 0.265 e. The van der Waals surface area contributed by atoms with Crippen LogP contribution in [0.2, 0.25) is 0 Å². The Morgan fingerprint density at radius 3 is 2.63 bits per heavy atom. The van der Waals surface area contributed by atoms with Crippen LogP contribution in [0.5, 0.6) is 0 Å². The minimum Gasteiger partial charge on any atom is -0.385 e. The minimum absolute atomic E-state index is 0.104. The summed E-state index contributed by atoms with van der Waals surface area (Å²) in [5, 5.41) is 17.6. The molecule has 0 aliphatic rings. The highest BCUT2D eigenvalue weighted by atomic mass is 19.2. The Labute approximate surface area is 152 Å². The van der Waals surface area contributed by atoms with Crippen LogP contribution >= 0.6 is 0 Å². The summed E-state index contributed by atoms with van der Waals surface area (Å²) in [4.78, 5) is 17.0. The molecule has 10 heteroatoms. The van der Waals surface area contributed by atoms with Crippen molar-refractivity contribution in [2.24, 2.45) is 12.2 Å². The predicted molar refractivity (Wildman–Crippen MR) is 91.8 cm³/mol. The van der Waals surface area contributed by atoms with E-state index in [4.69, 9.17) is 4.84 Å². The van der Waals surface area contributed by atoms with Crippen LogP contribution in [0.25, 0.3) is 0 Å². The first-order valence-electron chi connectivity index (χ1n) is 7.77. The average molecular weight is 372 g/mol. The molecule has 3 rings (SSSR count). The summed E-state index contributed by atoms with van der Waals surface area (Å²) < 4.78 is 27.5. The van der Waals surface area contributed by atoms with Gasteiger partial charge in [0.1, 0.15) is 0 Å². The van der Waals surface area contributed by atoms with E-state index in [0.717, 1.165) is 12.1 Å². The fourth-order valence-electron chi connectivity index (χ4n) is 2.18. The Kier molecular flexibility index (Phi) is 5.45. The predicted octanol–water partition coefficient (Wildman–Crippen LogP) is 1.90. The van der Waals surface area contributed by atoms with Gasteiger partial charge in [0.05, 0.1) is 0 Å². The lowest BCUT2D eigenvalue weighted by atomic mass is 10.1. The number of rotatable bonds is 6. The SMILES string of the molecule is Cn1nnnc1/C(=N\OCC(=O)Nc1ccc(F)c(F)c1)c1ccccc1. The van der Waals surface area contributed by atoms with E-state index in [1.54, 1.807) is 19.2 Å². The summed E-state index contributed by atoms with van der Waals surface area (Å²) in [6.07, 6.45) is 0. The van der Waals surface area contributed by atoms with Crippen LogP contribution in [0.3, 0.4) is 0 Å². The molecule has 0 aliphatic heterocycles. The fraction of sp³-hybridized carbons (Fsp3) is 0.118. The van der Waals surface area contributed by atoms with Gasteiger partial charge in [-0.05, 0) is 22.6 Å². The number of aromatic nitrogens is 4. The number of tetrazole rings is 1. The number of halogens is 2. The quantitative estimate of drug-likeness (QED) is 0.527. The number of oxime groups is 1. The van der Waals surface area contributed by atoms with Crippen LogP contribution in [-0.4, -0.2) is 38.4 Å². The number of carbonyl (C=O) groups is 1. The lowest BCUT2D eigenvalue weighted by molar-refractivity contribution is -0.120. The van der Waals surface area contributed by atoms with Crippen LogP contribution in [0.4, 0.5) is 14.5 Å². The number of nitrogens with zero attached hydrogens (tertiary/aromatic N) is 5. The average Bonchev–Trinajstić information content (AvgIpc) is 3.08. The highest BCUT2D eigenvalue weighted by Crippen LogP contribution is 2.13. The van der Waals surface area contributed by atoms with Gasteiger partial charge in [0.2, 0.25) is 5.82 Å². The number of hydrogen-bond acceptors (Lipinski definition) is 6. The Balaban J connectivity index is 1.70. The number of aryl methyl sites for hydroxylation is 1. The Hall–Kier alpha value is -3.69. The molecule has 138 valence electrons. The van der Waals surface area contributed by atoms with Crippen molar-refractivity contribution in [3.63, 3.8) is 0 Å². The van der Waals surface area contributed by atoms with Gasteiger partial charge < -0.3 is 10.2 Å². The molecule has 0 saturated heterocycles. The molecule has 0 aliphatic carbocycles. The Bertz CT molecular complexity index is 975. The number of nitrogens with one attached hydrogen (secondary N) is 1. The van der Waals surface area contributed by atoms with Crippen molar-refractivity contribution in [2.75, 3.05) is 11.9 Å². The van der Waals surface area contributed by atoms with Gasteiger partial charge in [0, 0.05) is 24.4 Å². The van der Waals surface area contributed by atoms with E-state index in [9.17, 15) is 13.6 Å². The van der Waals surface area contributed by atoms with Crippen LogP contribution in [0, 0.1) is 11.6 Å². The number of carbonyl (C=O) groups excluding carboxylic acids is 1. The maximum atomic E-state index is 13.2. The van der Waals surface area contributed by atoms with Crippen LogP contribution in [0.1, 0.15) is 11.4 Å². The summed E-state index contributed by atoms with van der Waals surface area (Å²) in [5.41, 5.74) is 1.13. The maximum Gasteiger partial charge on any atom is 0.265 e. The molecule has 0 spiro atoms. The van der Waals surface area contributed by atoms with Gasteiger partial charge in [-0.25, -0.2) is 13.5 Å². The zero-order valence-corrected chi connectivity index (χ0v) is 14.1. The van der Waals surface area contributed by atoms with Crippen molar-refractivity contribution in [1.29, 1.82) is 0 Å². The van der Waals surface area contributed by atoms with Gasteiger partial charge in [0.15, 0.2) is 24.0 Å². The molecule has 27 heavy (non-hydrogen) atoms. The van der Waals surface area contributed by atoms with E-state index in [2.05, 4.69) is 26.0 Å². The van der Waals surface area contributed by atoms with Crippen LogP contribution in [-0.2, 0) is 16.7 Å². The second-order valence-electron chi connectivity index (χ2n) is 5.38. The van der Waals surface area contributed by atoms with Crippen molar-refractivity contribution in [3.8, 4) is 0 Å². The van der Waals surface area contributed by atoms with Crippen molar-refractivity contribution < 1.29 is 18.4 Å². The summed E-state index contributed by atoms with van der Waals surface area (Å²) in [6, 6.07) is 12.1. The van der Waals surface area contributed by atoms with E-state index >= 15 is 0 Å². The van der Waals surface area contributed by atoms with E-state index in [1.165, 1.54) is 10.7 Å². The van der Waals surface area contributed by atoms with Gasteiger partial charge in [-0.3, -0.25) is 4.79 Å². The molecule has 1 N–H and O–H groups in total. The molecule has 1 aromatic heterocycles. The highest BCUT2D eigenvalue weighted by Gasteiger charge is 2.15. The van der Waals surface area contributed by atoms with Gasteiger partial charge in [0.25, 0.3) is 5.91 Å². The number of benzene rings is 2. The molecule has 1 heterocycles. The first kappa shape index (κ1) is 18.1. The van der Waals surface area contributed by atoms with E-state index in [1.807, 2.05) is 18.2 Å². The van der Waals surface area contributed by atoms with E-state index in [-0.39, 0.29) is 5.69 Å². The maximum absolute atomic E-state index is 13.2. The Morgan fingerprint density at radius 1 is 1.19 bits per heavy atom. The second-order valence-corrected chi connectivity index (χ2v) is 5.38. The van der Waals surface area contributed by atoms with Gasteiger partial charge >= 0.3 is 0 Å². The molecule has 8 nitrogen and oxygen atoms in total. The van der Waals surface area contributed by atoms with Crippen molar-refractivity contribution in [1.82, 2.24) is 20.2 Å². The molecule has 0 bridgehead atoms. The summed E-state index contributed by atoms with van der Waals surface area (Å²) in [6.45, 7) is -0.444. The fourth-order valence-corrected chi connectivity index (χ4v) is 2.18. The lowest BCUT2D eigenvalue weighted by Gasteiger charge is -2.07. The number of anilines is 1. The molecule has 0 unspecified atom stereocenters. The van der Waals surface area contributed by atoms with Crippen molar-refractivity contribution in [2.45, 2.75) is 0 Å². The third-order valence-corrected chi connectivity index (χ3v) is 3.43. The standard InChI is InChI=1S/C17H14F2N6O2/c1-25-17(21-23-24-25)16(11-5-3-2-4-6-11)22-27-10-15(26)20-12-7-8-13(18)14(19)9-12/h2-9H,10H2,1H3,(H,20,26)/b22-16-. The van der Waals surface area contributed by atoms with Crippen molar-refractivity contribution >= 4 is 17.3 Å². The second kappa shape index (κ2) is 8.13. The molecule has 0 fully saturated rings. The molecular formula is C17H14F2N6O2. The first-order valence-corrected chi connectivity index (χ1v) is 7.77. The summed E-state index contributed by atoms with van der Waals surface area (Å²) in [7, 11) is 1.64. The van der Waals surface area contributed by atoms with Gasteiger partial charge in [-0.1, -0.05) is 35.5 Å². The lowest BCUT2D eigenvalue weighted by Crippen LogP contribution is -2.18. The topological polar surface area (TPSA) is 94.3 Å². The zero-order valence-electron chi connectivity index (χ0n) is 14.1. The Morgan fingerprint density at radius 2 is 1.96 bits per heavy atom. The molecule has 0 saturated carbocycles. The molecule has 3 aromatic rings. The summed E-state index contributed by atoms with van der Waals surface area (Å²) >= 11 is 0. The largest absolute Gasteiger partial charge is 0.385 e. The molecule has 0 atom stereocenters. The van der Waals surface area contributed by atoms with Crippen molar-refractivity contribution in [3.05, 3.63) is 71.6 Å². The normalized spacial score (nSPS) is 11.3. The van der Waals surface area contributed by atoms with Crippen LogP contribution in [0.15, 0.2) is 53.7 Å². The summed E-state index contributed by atoms with van der Waals surface area (Å²) in [5.74, 6) is -2.30. The highest BCUT2D eigenvalue weighted by molar-refractivity contribution is 6.10. The third-order valence-electron chi connectivity index (χ3n) is 3.43. The van der Waals surface area contributed by atoms with Crippen LogP contribution < -0.4 is 5.32 Å². The third kappa shape index (κ3) is 4.48. The first-order chi connectivity index (χ1) is 13.0. The van der Waals surface area contributed by atoms with E-state index < -0.39 is 24.1 Å². The zero-order chi connectivity index (χ0) is 19.2. The molecule has 1 amide bonds. The molecule has 2 aromatic carbocycles. The number of hydrogen-bond donors (Lipinski definition) is 1.